The molecule has 0 amide bonds. The zero-order valence-corrected chi connectivity index (χ0v) is 8.95. The van der Waals surface area contributed by atoms with Gasteiger partial charge in [0.25, 0.3) is 0 Å². The summed E-state index contributed by atoms with van der Waals surface area (Å²) in [6, 6.07) is 2.99. The molecule has 1 aromatic carbocycles. The number of fused-ring (bicyclic) bond motifs is 1. The fourth-order valence-corrected chi connectivity index (χ4v) is 2.18. The lowest BCUT2D eigenvalue weighted by Gasteiger charge is -2.06. The van der Waals surface area contributed by atoms with Gasteiger partial charge in [0.05, 0.1) is 14.2 Å². The molecule has 5 heteroatoms. The third-order valence-electron chi connectivity index (χ3n) is 2.09. The van der Waals surface area contributed by atoms with Crippen molar-refractivity contribution in [3.63, 3.8) is 0 Å². The lowest BCUT2D eigenvalue weighted by atomic mass is 10.2. The van der Waals surface area contributed by atoms with Crippen molar-refractivity contribution in [3.8, 4) is 11.5 Å². The molecule has 0 unspecified atom stereocenters. The highest BCUT2D eigenvalue weighted by Gasteiger charge is 2.15. The molecule has 15 heavy (non-hydrogen) atoms. The third kappa shape index (κ3) is 1.52. The van der Waals surface area contributed by atoms with Crippen LogP contribution in [0, 0.1) is 10.9 Å². The average Bonchev–Trinajstić information content (AvgIpc) is 2.53. The number of rotatable bonds is 2. The average molecular weight is 230 g/mol. The van der Waals surface area contributed by atoms with E-state index in [-0.39, 0.29) is 5.39 Å². The van der Waals surface area contributed by atoms with E-state index >= 15 is 0 Å². The molecule has 0 N–H and O–H groups in total. The Bertz CT molecular complexity index is 508. The van der Waals surface area contributed by atoms with Gasteiger partial charge in [0.1, 0.15) is 0 Å². The Morgan fingerprint density at radius 3 is 2.27 bits per heavy atom. The predicted molar refractivity (Wildman–Crippen MR) is 54.8 cm³/mol. The standard InChI is InChI=1S/C10H8F2O2S/c1-13-6-3-5-8(4-7(6)14-2)15-10(12)9(5)11/h3-4H,1-2H3. The van der Waals surface area contributed by atoms with E-state index in [4.69, 9.17) is 9.47 Å². The summed E-state index contributed by atoms with van der Waals surface area (Å²) in [4.78, 5) is 0. The first-order valence-electron chi connectivity index (χ1n) is 4.17. The van der Waals surface area contributed by atoms with E-state index in [2.05, 4.69) is 0 Å². The van der Waals surface area contributed by atoms with Crippen molar-refractivity contribution in [1.29, 1.82) is 0 Å². The molecule has 1 aromatic heterocycles. The summed E-state index contributed by atoms with van der Waals surface area (Å²) < 4.78 is 36.7. The van der Waals surface area contributed by atoms with Crippen molar-refractivity contribution in [2.75, 3.05) is 14.2 Å². The smallest absolute Gasteiger partial charge is 0.213 e. The molecule has 0 atom stereocenters. The van der Waals surface area contributed by atoms with Crippen molar-refractivity contribution in [2.45, 2.75) is 0 Å². The molecule has 2 aromatic rings. The predicted octanol–water partition coefficient (Wildman–Crippen LogP) is 3.20. The van der Waals surface area contributed by atoms with Gasteiger partial charge < -0.3 is 9.47 Å². The number of thiophene rings is 1. The molecule has 0 bridgehead atoms. The SMILES string of the molecule is COc1cc2sc(F)c(F)c2cc1OC. The number of methoxy groups -OCH3 is 2. The summed E-state index contributed by atoms with van der Waals surface area (Å²) >= 11 is 0.750. The minimum atomic E-state index is -0.837. The number of hydrogen-bond acceptors (Lipinski definition) is 3. The van der Waals surface area contributed by atoms with Crippen LogP contribution in [0.25, 0.3) is 10.1 Å². The quantitative estimate of drug-likeness (QED) is 0.788. The minimum absolute atomic E-state index is 0.218. The van der Waals surface area contributed by atoms with Crippen LogP contribution in [0.3, 0.4) is 0 Å². The van der Waals surface area contributed by atoms with Crippen molar-refractivity contribution in [3.05, 3.63) is 23.1 Å². The zero-order chi connectivity index (χ0) is 11.0. The Hall–Kier alpha value is -1.36. The maximum absolute atomic E-state index is 13.2. The molecule has 0 saturated heterocycles. The van der Waals surface area contributed by atoms with E-state index in [1.807, 2.05) is 0 Å². The van der Waals surface area contributed by atoms with Gasteiger partial charge in [0, 0.05) is 16.2 Å². The number of ether oxygens (including phenoxy) is 2. The highest BCUT2D eigenvalue weighted by molar-refractivity contribution is 7.17. The summed E-state index contributed by atoms with van der Waals surface area (Å²) in [7, 11) is 2.92. The summed E-state index contributed by atoms with van der Waals surface area (Å²) in [5.74, 6) is 0.0175. The molecule has 0 radical (unpaired) electrons. The van der Waals surface area contributed by atoms with Gasteiger partial charge in [-0.3, -0.25) is 0 Å². The lowest BCUT2D eigenvalue weighted by molar-refractivity contribution is 0.356. The van der Waals surface area contributed by atoms with Gasteiger partial charge in [-0.25, -0.2) is 4.39 Å². The maximum atomic E-state index is 13.2. The van der Waals surface area contributed by atoms with Crippen LogP contribution >= 0.6 is 11.3 Å². The second kappa shape index (κ2) is 3.66. The summed E-state index contributed by atoms with van der Waals surface area (Å²) in [6.45, 7) is 0. The Labute approximate surface area is 89.0 Å². The van der Waals surface area contributed by atoms with Crippen LogP contribution < -0.4 is 9.47 Å². The third-order valence-corrected chi connectivity index (χ3v) is 3.01. The van der Waals surface area contributed by atoms with Crippen LogP contribution in [0.4, 0.5) is 8.78 Å². The Balaban J connectivity index is 2.75. The second-order valence-electron chi connectivity index (χ2n) is 2.89. The number of hydrogen-bond donors (Lipinski definition) is 0. The van der Waals surface area contributed by atoms with E-state index in [1.54, 1.807) is 6.07 Å². The molecule has 2 rings (SSSR count). The topological polar surface area (TPSA) is 18.5 Å². The highest BCUT2D eigenvalue weighted by Crippen LogP contribution is 2.37. The van der Waals surface area contributed by atoms with E-state index < -0.39 is 10.9 Å². The Morgan fingerprint density at radius 2 is 1.67 bits per heavy atom. The molecular weight excluding hydrogens is 222 g/mol. The zero-order valence-electron chi connectivity index (χ0n) is 8.14. The molecule has 0 aliphatic rings. The van der Waals surface area contributed by atoms with Crippen LogP contribution in [-0.2, 0) is 0 Å². The van der Waals surface area contributed by atoms with E-state index in [0.29, 0.717) is 16.2 Å². The second-order valence-corrected chi connectivity index (χ2v) is 3.90. The first-order chi connectivity index (χ1) is 7.17. The molecule has 0 aliphatic carbocycles. The van der Waals surface area contributed by atoms with Crippen LogP contribution in [0.15, 0.2) is 12.1 Å². The van der Waals surface area contributed by atoms with Crippen molar-refractivity contribution >= 4 is 21.4 Å². The van der Waals surface area contributed by atoms with Gasteiger partial charge in [-0.1, -0.05) is 0 Å². The molecular formula is C10H8F2O2S. The van der Waals surface area contributed by atoms with E-state index in [1.165, 1.54) is 20.3 Å². The summed E-state index contributed by atoms with van der Waals surface area (Å²) in [5, 5.41) is -0.601. The highest BCUT2D eigenvalue weighted by atomic mass is 32.1. The normalized spacial score (nSPS) is 10.7. The van der Waals surface area contributed by atoms with Crippen molar-refractivity contribution < 1.29 is 18.3 Å². The van der Waals surface area contributed by atoms with E-state index in [0.717, 1.165) is 11.3 Å². The first-order valence-corrected chi connectivity index (χ1v) is 4.98. The van der Waals surface area contributed by atoms with Gasteiger partial charge >= 0.3 is 0 Å². The van der Waals surface area contributed by atoms with Crippen molar-refractivity contribution in [2.24, 2.45) is 0 Å². The van der Waals surface area contributed by atoms with Gasteiger partial charge in [-0.05, 0) is 6.07 Å². The molecule has 2 nitrogen and oxygen atoms in total. The van der Waals surface area contributed by atoms with Crippen LogP contribution in [0.1, 0.15) is 0 Å². The Kier molecular flexibility index (Phi) is 2.48. The fourth-order valence-electron chi connectivity index (χ4n) is 1.36. The molecule has 0 spiro atoms. The number of halogens is 2. The van der Waals surface area contributed by atoms with Gasteiger partial charge in [-0.2, -0.15) is 4.39 Å². The largest absolute Gasteiger partial charge is 0.493 e. The van der Waals surface area contributed by atoms with Gasteiger partial charge in [0.15, 0.2) is 17.3 Å². The minimum Gasteiger partial charge on any atom is -0.493 e. The number of benzene rings is 1. The molecule has 0 saturated carbocycles. The van der Waals surface area contributed by atoms with Crippen LogP contribution in [0.5, 0.6) is 11.5 Å². The fraction of sp³-hybridized carbons (Fsp3) is 0.200. The van der Waals surface area contributed by atoms with Gasteiger partial charge in [0.2, 0.25) is 5.13 Å². The molecule has 80 valence electrons. The summed E-state index contributed by atoms with van der Waals surface area (Å²) in [5.41, 5.74) is 0. The summed E-state index contributed by atoms with van der Waals surface area (Å²) in [6.07, 6.45) is 0. The van der Waals surface area contributed by atoms with Crippen LogP contribution in [0.2, 0.25) is 0 Å². The van der Waals surface area contributed by atoms with Gasteiger partial charge in [-0.15, -0.1) is 11.3 Å². The molecule has 1 heterocycles. The first kappa shape index (κ1) is 10.2. The molecule has 0 fully saturated rings. The van der Waals surface area contributed by atoms with E-state index in [9.17, 15) is 8.78 Å². The monoisotopic (exact) mass is 230 g/mol. The lowest BCUT2D eigenvalue weighted by Crippen LogP contribution is -1.89. The van der Waals surface area contributed by atoms with Crippen LogP contribution in [-0.4, -0.2) is 14.2 Å². The Morgan fingerprint density at radius 1 is 1.07 bits per heavy atom. The molecule has 0 aliphatic heterocycles. The maximum Gasteiger partial charge on any atom is 0.213 e. The van der Waals surface area contributed by atoms with Crippen molar-refractivity contribution in [1.82, 2.24) is 0 Å².